The van der Waals surface area contributed by atoms with Crippen molar-refractivity contribution in [2.75, 3.05) is 6.61 Å². The zero-order valence-corrected chi connectivity index (χ0v) is 12.5. The van der Waals surface area contributed by atoms with Gasteiger partial charge in [0.2, 0.25) is 10.0 Å². The molecule has 0 radical (unpaired) electrons. The minimum Gasteiger partial charge on any atom is -0.477 e. The van der Waals surface area contributed by atoms with Gasteiger partial charge in [0.15, 0.2) is 0 Å². The van der Waals surface area contributed by atoms with E-state index in [-0.39, 0.29) is 23.1 Å². The molecule has 1 heterocycles. The number of aromatic nitrogens is 1. The van der Waals surface area contributed by atoms with Crippen LogP contribution in [-0.2, 0) is 16.6 Å². The van der Waals surface area contributed by atoms with Gasteiger partial charge in [-0.05, 0) is 25.8 Å². The summed E-state index contributed by atoms with van der Waals surface area (Å²) in [5.74, 6) is -1.41. The molecular formula is C12H20N2O5S. The largest absolute Gasteiger partial charge is 0.477 e. The van der Waals surface area contributed by atoms with E-state index in [1.54, 1.807) is 20.8 Å². The van der Waals surface area contributed by atoms with E-state index in [0.717, 1.165) is 6.07 Å². The van der Waals surface area contributed by atoms with Crippen molar-refractivity contribution in [3.63, 3.8) is 0 Å². The third-order valence-electron chi connectivity index (χ3n) is 3.22. The van der Waals surface area contributed by atoms with Gasteiger partial charge >= 0.3 is 5.97 Å². The fraction of sp³-hybridized carbons (Fsp3) is 0.583. The topological polar surface area (TPSA) is 109 Å². The highest BCUT2D eigenvalue weighted by molar-refractivity contribution is 7.89. The Kier molecular flexibility index (Phi) is 5.32. The second-order valence-electron chi connectivity index (χ2n) is 4.72. The molecule has 20 heavy (non-hydrogen) atoms. The van der Waals surface area contributed by atoms with Gasteiger partial charge in [-0.2, -0.15) is 0 Å². The van der Waals surface area contributed by atoms with E-state index in [1.165, 1.54) is 10.8 Å². The summed E-state index contributed by atoms with van der Waals surface area (Å²) in [5, 5.41) is 18.0. The predicted octanol–water partition coefficient (Wildman–Crippen LogP) is 0.501. The van der Waals surface area contributed by atoms with Gasteiger partial charge in [0.05, 0.1) is 0 Å². The van der Waals surface area contributed by atoms with Crippen molar-refractivity contribution in [2.45, 2.75) is 38.3 Å². The molecule has 0 aromatic carbocycles. The molecule has 0 spiro atoms. The van der Waals surface area contributed by atoms with Crippen LogP contribution in [0.4, 0.5) is 0 Å². The zero-order chi connectivity index (χ0) is 15.5. The van der Waals surface area contributed by atoms with Crippen molar-refractivity contribution in [1.82, 2.24) is 9.29 Å². The maximum absolute atomic E-state index is 12.2. The number of carbonyl (C=O) groups is 1. The molecule has 114 valence electrons. The molecule has 1 aromatic heterocycles. The third kappa shape index (κ3) is 3.59. The van der Waals surface area contributed by atoms with E-state index >= 15 is 0 Å². The summed E-state index contributed by atoms with van der Waals surface area (Å²) in [5.41, 5.74) is -0.0734. The molecule has 1 aromatic rings. The standard InChI is InChI=1S/C12H20N2O5S/c1-4-14-6-10(5-11(14)12(16)17)20(18,19)13-9(3)8(2)7-15/h5-6,8-9,13,15H,4,7H2,1-3H3,(H,16,17). The lowest BCUT2D eigenvalue weighted by Crippen LogP contribution is -2.38. The van der Waals surface area contributed by atoms with Crippen LogP contribution < -0.4 is 4.72 Å². The molecule has 0 bridgehead atoms. The first-order chi connectivity index (χ1) is 9.22. The second kappa shape index (κ2) is 6.38. The molecule has 0 fully saturated rings. The number of nitrogens with zero attached hydrogens (tertiary/aromatic N) is 1. The number of aliphatic hydroxyl groups excluding tert-OH is 1. The van der Waals surface area contributed by atoms with Crippen molar-refractivity contribution in [3.05, 3.63) is 18.0 Å². The van der Waals surface area contributed by atoms with E-state index in [0.29, 0.717) is 6.54 Å². The van der Waals surface area contributed by atoms with Crippen molar-refractivity contribution in [3.8, 4) is 0 Å². The van der Waals surface area contributed by atoms with Gasteiger partial charge in [-0.25, -0.2) is 17.9 Å². The summed E-state index contributed by atoms with van der Waals surface area (Å²) < 4.78 is 28.1. The average Bonchev–Trinajstić information content (AvgIpc) is 2.82. The van der Waals surface area contributed by atoms with Gasteiger partial charge in [-0.1, -0.05) is 6.92 Å². The van der Waals surface area contributed by atoms with Gasteiger partial charge in [0.25, 0.3) is 0 Å². The first-order valence-electron chi connectivity index (χ1n) is 6.29. The number of hydrogen-bond acceptors (Lipinski definition) is 4. The normalized spacial score (nSPS) is 15.0. The minimum atomic E-state index is -3.81. The Bertz CT molecular complexity index is 579. The maximum atomic E-state index is 12.2. The summed E-state index contributed by atoms with van der Waals surface area (Å²) >= 11 is 0. The molecule has 8 heteroatoms. The van der Waals surface area contributed by atoms with Crippen molar-refractivity contribution in [1.29, 1.82) is 0 Å². The Hall–Kier alpha value is -1.38. The molecule has 7 nitrogen and oxygen atoms in total. The van der Waals surface area contributed by atoms with Crippen LogP contribution >= 0.6 is 0 Å². The van der Waals surface area contributed by atoms with Gasteiger partial charge in [0, 0.05) is 25.4 Å². The number of hydrogen-bond donors (Lipinski definition) is 3. The summed E-state index contributed by atoms with van der Waals surface area (Å²) in [6.07, 6.45) is 1.29. The summed E-state index contributed by atoms with van der Waals surface area (Å²) in [4.78, 5) is 10.9. The number of carboxylic acid groups (broad SMARTS) is 1. The van der Waals surface area contributed by atoms with E-state index in [2.05, 4.69) is 4.72 Å². The van der Waals surface area contributed by atoms with Crippen LogP contribution in [0.15, 0.2) is 17.2 Å². The number of carboxylic acids is 1. The van der Waals surface area contributed by atoms with Crippen LogP contribution in [0.1, 0.15) is 31.3 Å². The Morgan fingerprint density at radius 1 is 1.45 bits per heavy atom. The van der Waals surface area contributed by atoms with E-state index in [9.17, 15) is 13.2 Å². The molecule has 2 unspecified atom stereocenters. The molecule has 2 atom stereocenters. The van der Waals surface area contributed by atoms with Gasteiger partial charge < -0.3 is 14.8 Å². The molecule has 3 N–H and O–H groups in total. The molecular weight excluding hydrogens is 284 g/mol. The summed E-state index contributed by atoms with van der Waals surface area (Å²) in [6.45, 7) is 5.31. The van der Waals surface area contributed by atoms with Crippen LogP contribution in [0.25, 0.3) is 0 Å². The van der Waals surface area contributed by atoms with E-state index in [4.69, 9.17) is 10.2 Å². The van der Waals surface area contributed by atoms with Crippen molar-refractivity contribution in [2.24, 2.45) is 5.92 Å². The van der Waals surface area contributed by atoms with Crippen LogP contribution in [-0.4, -0.2) is 41.8 Å². The number of rotatable bonds is 7. The zero-order valence-electron chi connectivity index (χ0n) is 11.7. The third-order valence-corrected chi connectivity index (χ3v) is 4.75. The Morgan fingerprint density at radius 2 is 2.05 bits per heavy atom. The SMILES string of the molecule is CCn1cc(S(=O)(=O)NC(C)C(C)CO)cc1C(=O)O. The number of aryl methyl sites for hydroxylation is 1. The van der Waals surface area contributed by atoms with Crippen LogP contribution in [0, 0.1) is 5.92 Å². The molecule has 0 amide bonds. The number of sulfonamides is 1. The molecule has 0 saturated carbocycles. The lowest BCUT2D eigenvalue weighted by Gasteiger charge is -2.18. The molecule has 0 aliphatic rings. The maximum Gasteiger partial charge on any atom is 0.352 e. The lowest BCUT2D eigenvalue weighted by molar-refractivity contribution is 0.0685. The van der Waals surface area contributed by atoms with Crippen LogP contribution in [0.2, 0.25) is 0 Å². The Morgan fingerprint density at radius 3 is 2.45 bits per heavy atom. The highest BCUT2D eigenvalue weighted by Gasteiger charge is 2.24. The van der Waals surface area contributed by atoms with Gasteiger partial charge in [0.1, 0.15) is 10.6 Å². The van der Waals surface area contributed by atoms with Crippen LogP contribution in [0.3, 0.4) is 0 Å². The van der Waals surface area contributed by atoms with Gasteiger partial charge in [-0.15, -0.1) is 0 Å². The second-order valence-corrected chi connectivity index (χ2v) is 6.44. The van der Waals surface area contributed by atoms with E-state index < -0.39 is 22.0 Å². The summed E-state index contributed by atoms with van der Waals surface area (Å²) in [6, 6.07) is 0.674. The van der Waals surface area contributed by atoms with E-state index in [1.807, 2.05) is 0 Å². The Labute approximate surface area is 118 Å². The smallest absolute Gasteiger partial charge is 0.352 e. The molecule has 0 saturated heterocycles. The highest BCUT2D eigenvalue weighted by atomic mass is 32.2. The number of aliphatic hydroxyl groups is 1. The first kappa shape index (κ1) is 16.7. The van der Waals surface area contributed by atoms with Crippen molar-refractivity contribution >= 4 is 16.0 Å². The van der Waals surface area contributed by atoms with Crippen LogP contribution in [0.5, 0.6) is 0 Å². The van der Waals surface area contributed by atoms with Gasteiger partial charge in [-0.3, -0.25) is 0 Å². The molecule has 1 rings (SSSR count). The predicted molar refractivity (Wildman–Crippen MR) is 73.1 cm³/mol. The fourth-order valence-corrected chi connectivity index (χ4v) is 3.05. The number of aromatic carboxylic acids is 1. The molecule has 0 aliphatic carbocycles. The monoisotopic (exact) mass is 304 g/mol. The summed E-state index contributed by atoms with van der Waals surface area (Å²) in [7, 11) is -3.81. The lowest BCUT2D eigenvalue weighted by atomic mass is 10.1. The number of nitrogens with one attached hydrogen (secondary N) is 1. The molecule has 0 aliphatic heterocycles. The fourth-order valence-electron chi connectivity index (χ4n) is 1.66. The first-order valence-corrected chi connectivity index (χ1v) is 7.77. The highest BCUT2D eigenvalue weighted by Crippen LogP contribution is 2.16. The quantitative estimate of drug-likeness (QED) is 0.680. The van der Waals surface area contributed by atoms with Crippen molar-refractivity contribution < 1.29 is 23.4 Å². The Balaban J connectivity index is 3.07. The minimum absolute atomic E-state index is 0.0734. The average molecular weight is 304 g/mol.